The van der Waals surface area contributed by atoms with Crippen molar-refractivity contribution in [2.75, 3.05) is 5.32 Å². The lowest BCUT2D eigenvalue weighted by Crippen LogP contribution is -2.13. The number of aryl methyl sites for hydroxylation is 2. The van der Waals surface area contributed by atoms with E-state index in [1.54, 1.807) is 41.3 Å². The van der Waals surface area contributed by atoms with Gasteiger partial charge in [-0.05, 0) is 44.2 Å². The van der Waals surface area contributed by atoms with Crippen LogP contribution in [0.25, 0.3) is 16.1 Å². The van der Waals surface area contributed by atoms with Crippen molar-refractivity contribution >= 4 is 33.1 Å². The Balaban J connectivity index is 1.70. The Morgan fingerprint density at radius 2 is 2.08 bits per heavy atom. The second kappa shape index (κ2) is 6.17. The van der Waals surface area contributed by atoms with E-state index < -0.39 is 0 Å². The van der Waals surface area contributed by atoms with Crippen LogP contribution in [0.4, 0.5) is 5.69 Å². The van der Waals surface area contributed by atoms with Crippen molar-refractivity contribution in [3.8, 4) is 12.0 Å². The third kappa shape index (κ3) is 2.66. The molecule has 3 heterocycles. The molecule has 0 aliphatic rings. The fourth-order valence-corrected chi connectivity index (χ4v) is 3.74. The number of nitrogens with one attached hydrogen (secondary N) is 1. The van der Waals surface area contributed by atoms with Gasteiger partial charge in [0, 0.05) is 18.1 Å². The molecule has 26 heavy (non-hydrogen) atoms. The van der Waals surface area contributed by atoms with E-state index in [0.717, 1.165) is 15.2 Å². The van der Waals surface area contributed by atoms with E-state index in [1.165, 1.54) is 0 Å². The predicted octanol–water partition coefficient (Wildman–Crippen LogP) is 4.42. The quantitative estimate of drug-likeness (QED) is 0.585. The van der Waals surface area contributed by atoms with Crippen LogP contribution >= 0.6 is 11.3 Å². The number of furan rings is 1. The van der Waals surface area contributed by atoms with Gasteiger partial charge in [0.05, 0.1) is 15.2 Å². The summed E-state index contributed by atoms with van der Waals surface area (Å²) in [4.78, 5) is 17.2. The number of rotatable bonds is 3. The van der Waals surface area contributed by atoms with Crippen LogP contribution in [0.1, 0.15) is 26.7 Å². The number of hydrogen-bond donors (Lipinski definition) is 1. The van der Waals surface area contributed by atoms with Crippen molar-refractivity contribution < 1.29 is 9.21 Å². The van der Waals surface area contributed by atoms with Crippen LogP contribution < -0.4 is 5.32 Å². The van der Waals surface area contributed by atoms with Crippen molar-refractivity contribution in [1.29, 1.82) is 5.26 Å². The zero-order valence-electron chi connectivity index (χ0n) is 14.1. The highest BCUT2D eigenvalue weighted by Gasteiger charge is 2.24. The molecule has 6 nitrogen and oxygen atoms in total. The lowest BCUT2D eigenvalue weighted by Gasteiger charge is -2.04. The van der Waals surface area contributed by atoms with Gasteiger partial charge in [0.2, 0.25) is 5.88 Å². The summed E-state index contributed by atoms with van der Waals surface area (Å²) in [7, 11) is 0. The van der Waals surface area contributed by atoms with Gasteiger partial charge in [-0.1, -0.05) is 0 Å². The van der Waals surface area contributed by atoms with Crippen LogP contribution in [0.15, 0.2) is 47.1 Å². The highest BCUT2D eigenvalue weighted by atomic mass is 32.1. The van der Waals surface area contributed by atoms with Crippen molar-refractivity contribution in [3.05, 3.63) is 64.6 Å². The molecule has 3 aromatic heterocycles. The molecule has 0 unspecified atom stereocenters. The van der Waals surface area contributed by atoms with Crippen molar-refractivity contribution in [3.63, 3.8) is 0 Å². The van der Waals surface area contributed by atoms with Gasteiger partial charge < -0.3 is 9.73 Å². The number of nitriles is 1. The number of benzene rings is 1. The summed E-state index contributed by atoms with van der Waals surface area (Å²) < 4.78 is 8.36. The van der Waals surface area contributed by atoms with E-state index >= 15 is 0 Å². The molecule has 0 atom stereocenters. The first kappa shape index (κ1) is 16.1. The van der Waals surface area contributed by atoms with E-state index in [4.69, 9.17) is 4.42 Å². The smallest absolute Gasteiger partial charge is 0.260 e. The van der Waals surface area contributed by atoms with Crippen LogP contribution in [0, 0.1) is 25.2 Å². The average molecular weight is 362 g/mol. The first-order valence-corrected chi connectivity index (χ1v) is 8.74. The van der Waals surface area contributed by atoms with Gasteiger partial charge in [-0.2, -0.15) is 5.26 Å². The van der Waals surface area contributed by atoms with Crippen LogP contribution in [0.2, 0.25) is 0 Å². The summed E-state index contributed by atoms with van der Waals surface area (Å²) in [5.41, 5.74) is 2.01. The van der Waals surface area contributed by atoms with Crippen LogP contribution in [-0.2, 0) is 0 Å². The summed E-state index contributed by atoms with van der Waals surface area (Å²) >= 11 is 1.57. The molecule has 1 aromatic carbocycles. The molecule has 0 bridgehead atoms. The van der Waals surface area contributed by atoms with Gasteiger partial charge in [-0.25, -0.2) is 4.98 Å². The molecular weight excluding hydrogens is 348 g/mol. The Hall–Kier alpha value is -3.37. The van der Waals surface area contributed by atoms with Crippen LogP contribution in [-0.4, -0.2) is 15.5 Å². The maximum Gasteiger partial charge on any atom is 0.260 e. The second-order valence-electron chi connectivity index (χ2n) is 5.79. The van der Waals surface area contributed by atoms with Gasteiger partial charge >= 0.3 is 0 Å². The topological polar surface area (TPSA) is 83.8 Å². The van der Waals surface area contributed by atoms with Gasteiger partial charge in [-0.3, -0.25) is 9.36 Å². The number of amides is 1. The maximum atomic E-state index is 12.8. The first-order valence-electron chi connectivity index (χ1n) is 7.92. The number of aromatic nitrogens is 2. The minimum atomic E-state index is -0.373. The molecule has 0 saturated carbocycles. The second-order valence-corrected chi connectivity index (χ2v) is 7.02. The highest BCUT2D eigenvalue weighted by Crippen LogP contribution is 2.28. The number of nitrogens with zero attached hydrogens (tertiary/aromatic N) is 3. The molecule has 128 valence electrons. The number of hydrogen-bond acceptors (Lipinski definition) is 5. The Labute approximate surface area is 153 Å². The van der Waals surface area contributed by atoms with E-state index in [2.05, 4.69) is 16.4 Å². The molecular formula is C19H14N4O2S. The van der Waals surface area contributed by atoms with E-state index in [-0.39, 0.29) is 17.0 Å². The third-order valence-corrected chi connectivity index (χ3v) is 4.93. The molecule has 0 aliphatic heterocycles. The lowest BCUT2D eigenvalue weighted by atomic mass is 10.1. The fourth-order valence-electron chi connectivity index (χ4n) is 2.87. The number of carbonyl (C=O) groups is 1. The van der Waals surface area contributed by atoms with Gasteiger partial charge in [0.1, 0.15) is 23.0 Å². The van der Waals surface area contributed by atoms with Crippen LogP contribution in [0.5, 0.6) is 0 Å². The van der Waals surface area contributed by atoms with E-state index in [9.17, 15) is 10.1 Å². The monoisotopic (exact) mass is 362 g/mol. The van der Waals surface area contributed by atoms with Gasteiger partial charge in [0.15, 0.2) is 0 Å². The Bertz CT molecular complexity index is 1160. The molecule has 7 heteroatoms. The lowest BCUT2D eigenvalue weighted by molar-refractivity contribution is 0.102. The largest absolute Gasteiger partial charge is 0.443 e. The number of fused-ring (bicyclic) bond motifs is 1. The Morgan fingerprint density at radius 3 is 2.81 bits per heavy atom. The van der Waals surface area contributed by atoms with Crippen molar-refractivity contribution in [1.82, 2.24) is 9.55 Å². The highest BCUT2D eigenvalue weighted by molar-refractivity contribution is 7.18. The maximum absolute atomic E-state index is 12.8. The first-order chi connectivity index (χ1) is 12.6. The standard InChI is InChI=1S/C19H14N4O2S/c1-11-17(14(10-20)19(25-11)23-7-3-4-8-23)18(24)22-13-5-6-15-16(9-13)26-12(2)21-15/h3-9H,1-2H3,(H,22,24). The molecule has 4 rings (SSSR count). The Kier molecular flexibility index (Phi) is 3.82. The molecule has 4 aromatic rings. The molecule has 0 saturated heterocycles. The molecule has 0 spiro atoms. The third-order valence-electron chi connectivity index (χ3n) is 4.00. The summed E-state index contributed by atoms with van der Waals surface area (Å²) in [5.74, 6) is 0.368. The number of carbonyl (C=O) groups excluding carboxylic acids is 1. The molecule has 1 amide bonds. The normalized spacial score (nSPS) is 10.8. The van der Waals surface area contributed by atoms with Crippen LogP contribution in [0.3, 0.4) is 0 Å². The SMILES string of the molecule is Cc1nc2ccc(NC(=O)c3c(C)oc(-n4cccc4)c3C#N)cc2s1. The minimum Gasteiger partial charge on any atom is -0.443 e. The van der Waals surface area contributed by atoms with Gasteiger partial charge in [0.25, 0.3) is 5.91 Å². The fraction of sp³-hybridized carbons (Fsp3) is 0.105. The number of anilines is 1. The average Bonchev–Trinajstić information content (AvgIpc) is 3.31. The zero-order valence-corrected chi connectivity index (χ0v) is 14.9. The summed E-state index contributed by atoms with van der Waals surface area (Å²) in [5, 5.41) is 13.4. The summed E-state index contributed by atoms with van der Waals surface area (Å²) in [6.07, 6.45) is 3.53. The Morgan fingerprint density at radius 1 is 1.31 bits per heavy atom. The summed E-state index contributed by atoms with van der Waals surface area (Å²) in [6.45, 7) is 3.62. The van der Waals surface area contributed by atoms with E-state index in [0.29, 0.717) is 17.3 Å². The zero-order chi connectivity index (χ0) is 18.3. The molecule has 0 radical (unpaired) electrons. The molecule has 0 aliphatic carbocycles. The molecule has 0 fully saturated rings. The number of thiazole rings is 1. The van der Waals surface area contributed by atoms with E-state index in [1.807, 2.05) is 31.2 Å². The van der Waals surface area contributed by atoms with Crippen molar-refractivity contribution in [2.45, 2.75) is 13.8 Å². The predicted molar refractivity (Wildman–Crippen MR) is 99.8 cm³/mol. The van der Waals surface area contributed by atoms with Gasteiger partial charge in [-0.15, -0.1) is 11.3 Å². The minimum absolute atomic E-state index is 0.214. The van der Waals surface area contributed by atoms with Crippen molar-refractivity contribution in [2.24, 2.45) is 0 Å². The summed E-state index contributed by atoms with van der Waals surface area (Å²) in [6, 6.07) is 11.3. The molecule has 1 N–H and O–H groups in total.